The summed E-state index contributed by atoms with van der Waals surface area (Å²) in [7, 11) is 1.55. The van der Waals surface area contributed by atoms with Crippen LogP contribution in [0.2, 0.25) is 0 Å². The fourth-order valence-electron chi connectivity index (χ4n) is 0.818. The molecular formula is C5H8F3N2. The van der Waals surface area contributed by atoms with Crippen molar-refractivity contribution in [2.24, 2.45) is 5.92 Å². The smallest absolute Gasteiger partial charge is 0.254 e. The van der Waals surface area contributed by atoms with Gasteiger partial charge in [-0.25, -0.2) is 5.01 Å². The van der Waals surface area contributed by atoms with Crippen LogP contribution in [0.4, 0.5) is 13.2 Å². The monoisotopic (exact) mass is 153 g/mol. The number of rotatable bonds is 0. The van der Waals surface area contributed by atoms with Crippen molar-refractivity contribution >= 4 is 0 Å². The van der Waals surface area contributed by atoms with Crippen LogP contribution >= 0.6 is 0 Å². The zero-order valence-electron chi connectivity index (χ0n) is 5.44. The molecule has 1 N–H and O–H groups in total. The Morgan fingerprint density at radius 1 is 1.60 bits per heavy atom. The average Bonchev–Trinajstić information content (AvgIpc) is 2.11. The molecule has 0 spiro atoms. The first-order chi connectivity index (χ1) is 4.50. The Labute approximate surface area is 57.0 Å². The van der Waals surface area contributed by atoms with Gasteiger partial charge in [0.05, 0.1) is 12.5 Å². The minimum atomic E-state index is -4.10. The largest absolute Gasteiger partial charge is 0.394 e. The van der Waals surface area contributed by atoms with Crippen LogP contribution in [0, 0.1) is 12.5 Å². The molecule has 1 fully saturated rings. The third-order valence-electron chi connectivity index (χ3n) is 1.38. The molecular weight excluding hydrogens is 145 g/mol. The second kappa shape index (κ2) is 2.39. The lowest BCUT2D eigenvalue weighted by molar-refractivity contribution is -0.160. The second-order valence-corrected chi connectivity index (χ2v) is 2.27. The fraction of sp³-hybridized carbons (Fsp3) is 0.800. The molecule has 0 aromatic carbocycles. The molecule has 1 aliphatic rings. The molecule has 0 saturated carbocycles. The number of nitrogens with zero attached hydrogens (tertiary/aromatic N) is 1. The van der Waals surface area contributed by atoms with E-state index in [0.717, 1.165) is 6.54 Å². The van der Waals surface area contributed by atoms with Crippen LogP contribution in [-0.2, 0) is 0 Å². The van der Waals surface area contributed by atoms with Crippen molar-refractivity contribution in [2.45, 2.75) is 6.18 Å². The summed E-state index contributed by atoms with van der Waals surface area (Å²) in [5, 5.41) is 1.33. The Balaban J connectivity index is 2.45. The summed E-state index contributed by atoms with van der Waals surface area (Å²) >= 11 is 0. The van der Waals surface area contributed by atoms with E-state index in [9.17, 15) is 13.2 Å². The number of nitrogens with one attached hydrogen (secondary N) is 1. The van der Waals surface area contributed by atoms with Gasteiger partial charge in [0.2, 0.25) is 0 Å². The highest BCUT2D eigenvalue weighted by atomic mass is 19.4. The van der Waals surface area contributed by atoms with Gasteiger partial charge >= 0.3 is 6.18 Å². The molecule has 1 rings (SSSR count). The molecule has 1 aliphatic heterocycles. The van der Waals surface area contributed by atoms with Crippen molar-refractivity contribution in [2.75, 3.05) is 13.6 Å². The maximum atomic E-state index is 11.8. The molecule has 1 radical (unpaired) electrons. The highest BCUT2D eigenvalue weighted by Gasteiger charge is 2.43. The van der Waals surface area contributed by atoms with Crippen molar-refractivity contribution in [1.82, 2.24) is 10.4 Å². The Morgan fingerprint density at radius 3 is 2.40 bits per heavy atom. The van der Waals surface area contributed by atoms with Gasteiger partial charge in [-0.05, 0) is 0 Å². The number of halogens is 3. The lowest BCUT2D eigenvalue weighted by atomic mass is 10.1. The maximum Gasteiger partial charge on any atom is 0.394 e. The van der Waals surface area contributed by atoms with Gasteiger partial charge in [0.1, 0.15) is 0 Å². The molecule has 0 aromatic heterocycles. The standard InChI is InChI=1S/C5H8F3N2/c1-10-3-4(2-9-10)5(6,7)8/h3-4,9H,2H2,1H3. The minimum absolute atomic E-state index is 0.0417. The van der Waals surface area contributed by atoms with E-state index in [-0.39, 0.29) is 6.54 Å². The predicted octanol–water partition coefficient (Wildman–Crippen LogP) is 0.777. The molecule has 1 atom stereocenters. The molecule has 0 aliphatic carbocycles. The molecule has 1 heterocycles. The van der Waals surface area contributed by atoms with Crippen LogP contribution in [0.15, 0.2) is 0 Å². The first kappa shape index (κ1) is 7.81. The van der Waals surface area contributed by atoms with Gasteiger partial charge in [-0.3, -0.25) is 5.43 Å². The van der Waals surface area contributed by atoms with Gasteiger partial charge in [-0.2, -0.15) is 13.2 Å². The lowest BCUT2D eigenvalue weighted by Crippen LogP contribution is -2.25. The van der Waals surface area contributed by atoms with Crippen LogP contribution < -0.4 is 5.43 Å². The highest BCUT2D eigenvalue weighted by Crippen LogP contribution is 2.30. The number of hydrogen-bond donors (Lipinski definition) is 1. The second-order valence-electron chi connectivity index (χ2n) is 2.27. The first-order valence-corrected chi connectivity index (χ1v) is 2.88. The Hall–Kier alpha value is -0.290. The lowest BCUT2D eigenvalue weighted by Gasteiger charge is -2.11. The zero-order valence-corrected chi connectivity index (χ0v) is 5.44. The maximum absolute atomic E-state index is 11.8. The van der Waals surface area contributed by atoms with Crippen molar-refractivity contribution in [3.63, 3.8) is 0 Å². The molecule has 2 nitrogen and oxygen atoms in total. The Kier molecular flexibility index (Phi) is 1.87. The van der Waals surface area contributed by atoms with E-state index in [0.29, 0.717) is 0 Å². The number of alkyl halides is 3. The van der Waals surface area contributed by atoms with Crippen LogP contribution in [0.1, 0.15) is 0 Å². The first-order valence-electron chi connectivity index (χ1n) is 2.88. The quantitative estimate of drug-likeness (QED) is 0.553. The third kappa shape index (κ3) is 1.60. The minimum Gasteiger partial charge on any atom is -0.254 e. The van der Waals surface area contributed by atoms with E-state index in [2.05, 4.69) is 5.43 Å². The Morgan fingerprint density at radius 2 is 2.20 bits per heavy atom. The van der Waals surface area contributed by atoms with Gasteiger partial charge in [-0.15, -0.1) is 0 Å². The van der Waals surface area contributed by atoms with Crippen LogP contribution in [0.25, 0.3) is 0 Å². The van der Waals surface area contributed by atoms with Crippen molar-refractivity contribution in [3.05, 3.63) is 6.54 Å². The van der Waals surface area contributed by atoms with Gasteiger partial charge in [0.25, 0.3) is 0 Å². The topological polar surface area (TPSA) is 15.3 Å². The van der Waals surface area contributed by atoms with Crippen molar-refractivity contribution in [1.29, 1.82) is 0 Å². The van der Waals surface area contributed by atoms with E-state index >= 15 is 0 Å². The van der Waals surface area contributed by atoms with E-state index in [1.807, 2.05) is 0 Å². The number of hydrazine groups is 1. The predicted molar refractivity (Wildman–Crippen MR) is 29.6 cm³/mol. The summed E-state index contributed by atoms with van der Waals surface area (Å²) in [5.41, 5.74) is 2.53. The molecule has 1 unspecified atom stereocenters. The van der Waals surface area contributed by atoms with E-state index in [1.165, 1.54) is 5.01 Å². The number of hydrogen-bond acceptors (Lipinski definition) is 2. The van der Waals surface area contributed by atoms with Gasteiger partial charge in [0.15, 0.2) is 0 Å². The molecule has 1 saturated heterocycles. The van der Waals surface area contributed by atoms with Gasteiger partial charge < -0.3 is 0 Å². The van der Waals surface area contributed by atoms with Gasteiger partial charge in [-0.1, -0.05) is 0 Å². The highest BCUT2D eigenvalue weighted by molar-refractivity contribution is 4.86. The average molecular weight is 153 g/mol. The Bertz CT molecular complexity index is 123. The normalized spacial score (nSPS) is 29.4. The summed E-state index contributed by atoms with van der Waals surface area (Å²) in [6.45, 7) is 1.08. The third-order valence-corrected chi connectivity index (χ3v) is 1.38. The molecule has 0 amide bonds. The van der Waals surface area contributed by atoms with Crippen LogP contribution in [-0.4, -0.2) is 24.8 Å². The van der Waals surface area contributed by atoms with Crippen molar-refractivity contribution in [3.8, 4) is 0 Å². The molecule has 10 heavy (non-hydrogen) atoms. The summed E-state index contributed by atoms with van der Waals surface area (Å²) < 4.78 is 35.5. The van der Waals surface area contributed by atoms with E-state index in [4.69, 9.17) is 0 Å². The molecule has 5 heteroatoms. The summed E-state index contributed by atoms with van der Waals surface area (Å²) in [6.07, 6.45) is -4.10. The van der Waals surface area contributed by atoms with E-state index in [1.54, 1.807) is 7.05 Å². The molecule has 0 aromatic rings. The van der Waals surface area contributed by atoms with Crippen LogP contribution in [0.3, 0.4) is 0 Å². The zero-order chi connectivity index (χ0) is 7.78. The fourth-order valence-corrected chi connectivity index (χ4v) is 0.818. The SMILES string of the molecule is CN1[CH]C(C(F)(F)F)CN1. The van der Waals surface area contributed by atoms with E-state index < -0.39 is 12.1 Å². The van der Waals surface area contributed by atoms with Gasteiger partial charge in [0, 0.05) is 13.6 Å². The van der Waals surface area contributed by atoms with Crippen molar-refractivity contribution < 1.29 is 13.2 Å². The summed E-state index contributed by atoms with van der Waals surface area (Å²) in [5.74, 6) is -1.32. The molecule has 59 valence electrons. The van der Waals surface area contributed by atoms with Crippen LogP contribution in [0.5, 0.6) is 0 Å². The summed E-state index contributed by atoms with van der Waals surface area (Å²) in [4.78, 5) is 0. The summed E-state index contributed by atoms with van der Waals surface area (Å²) in [6, 6.07) is 0. The molecule has 0 bridgehead atoms.